The Bertz CT molecular complexity index is 813. The summed E-state index contributed by atoms with van der Waals surface area (Å²) < 4.78 is 8.93. The van der Waals surface area contributed by atoms with Crippen LogP contribution in [0.3, 0.4) is 0 Å². The first kappa shape index (κ1) is 19.2. The molecule has 3 rings (SSSR count). The number of aliphatic carboxylic acids is 1. The fourth-order valence-corrected chi connectivity index (χ4v) is 3.73. The number of carbonyl (C=O) groups excluding carboxylic acids is 1. The van der Waals surface area contributed by atoms with E-state index in [1.807, 2.05) is 30.5 Å². The van der Waals surface area contributed by atoms with Crippen molar-refractivity contribution in [3.05, 3.63) is 35.3 Å². The van der Waals surface area contributed by atoms with E-state index in [1.54, 1.807) is 11.7 Å². The summed E-state index contributed by atoms with van der Waals surface area (Å²) in [6, 6.07) is 3.96. The number of aryl methyl sites for hydroxylation is 3. The van der Waals surface area contributed by atoms with E-state index in [-0.39, 0.29) is 18.4 Å². The lowest BCUT2D eigenvalue weighted by Gasteiger charge is -2.27. The van der Waals surface area contributed by atoms with Gasteiger partial charge in [-0.2, -0.15) is 5.10 Å². The normalized spacial score (nSPS) is 16.3. The van der Waals surface area contributed by atoms with Crippen LogP contribution in [0.5, 0.6) is 0 Å². The summed E-state index contributed by atoms with van der Waals surface area (Å²) in [6.07, 6.45) is 2.92. The van der Waals surface area contributed by atoms with Crippen molar-refractivity contribution in [3.8, 4) is 5.82 Å². The van der Waals surface area contributed by atoms with Gasteiger partial charge in [-0.05, 0) is 44.7 Å². The Morgan fingerprint density at radius 3 is 2.52 bits per heavy atom. The van der Waals surface area contributed by atoms with E-state index in [0.717, 1.165) is 11.4 Å². The van der Waals surface area contributed by atoms with Gasteiger partial charge in [0.2, 0.25) is 0 Å². The highest BCUT2D eigenvalue weighted by Gasteiger charge is 2.30. The predicted molar refractivity (Wildman–Crippen MR) is 99.0 cm³/mol. The van der Waals surface area contributed by atoms with Gasteiger partial charge in [0.05, 0.1) is 12.1 Å². The van der Waals surface area contributed by atoms with Gasteiger partial charge in [0.15, 0.2) is 0 Å². The van der Waals surface area contributed by atoms with E-state index in [1.165, 1.54) is 6.20 Å². The summed E-state index contributed by atoms with van der Waals surface area (Å²) in [5.74, 6) is -1.13. The number of rotatable bonds is 6. The van der Waals surface area contributed by atoms with Gasteiger partial charge in [-0.1, -0.05) is 0 Å². The van der Waals surface area contributed by atoms with Gasteiger partial charge >= 0.3 is 5.97 Å². The van der Waals surface area contributed by atoms with Crippen LogP contribution in [0.1, 0.15) is 34.6 Å². The highest BCUT2D eigenvalue weighted by atomic mass is 16.5. The summed E-state index contributed by atoms with van der Waals surface area (Å²) in [6.45, 7) is 5.17. The molecule has 0 radical (unpaired) electrons. The first-order chi connectivity index (χ1) is 12.9. The highest BCUT2D eigenvalue weighted by molar-refractivity contribution is 5.97. The molecule has 27 heavy (non-hydrogen) atoms. The number of nitrogens with one attached hydrogen (secondary N) is 1. The zero-order valence-electron chi connectivity index (χ0n) is 15.9. The molecule has 146 valence electrons. The minimum atomic E-state index is -0.884. The molecule has 2 aromatic heterocycles. The topological polar surface area (TPSA) is 98.4 Å². The van der Waals surface area contributed by atoms with E-state index in [0.29, 0.717) is 37.4 Å². The average Bonchev–Trinajstić information content (AvgIpc) is 3.17. The second-order valence-corrected chi connectivity index (χ2v) is 7.06. The standard InChI is InChI=1S/C19H26N4O4/c1-12-4-5-13(2)23(12)18-16(11-21-22(18)3)17(24)20-10-15(19(25)26)14-6-8-27-9-7-14/h4-5,11,14-15H,6-10H2,1-3H3,(H,20,24)(H,25,26). The number of nitrogens with zero attached hydrogens (tertiary/aromatic N) is 3. The van der Waals surface area contributed by atoms with Crippen molar-refractivity contribution in [3.63, 3.8) is 0 Å². The van der Waals surface area contributed by atoms with E-state index in [4.69, 9.17) is 4.74 Å². The molecule has 8 heteroatoms. The molecule has 1 aliphatic heterocycles. The lowest BCUT2D eigenvalue weighted by Crippen LogP contribution is -2.39. The monoisotopic (exact) mass is 374 g/mol. The zero-order valence-corrected chi connectivity index (χ0v) is 15.9. The number of carboxylic acids is 1. The van der Waals surface area contributed by atoms with Crippen LogP contribution in [0.15, 0.2) is 18.3 Å². The summed E-state index contributed by atoms with van der Waals surface area (Å²) in [5.41, 5.74) is 2.42. The van der Waals surface area contributed by atoms with Crippen molar-refractivity contribution < 1.29 is 19.4 Å². The first-order valence-electron chi connectivity index (χ1n) is 9.16. The van der Waals surface area contributed by atoms with E-state index in [9.17, 15) is 14.7 Å². The average molecular weight is 374 g/mol. The molecule has 1 amide bonds. The van der Waals surface area contributed by atoms with Crippen LogP contribution in [-0.4, -0.2) is 51.1 Å². The van der Waals surface area contributed by atoms with Gasteiger partial charge in [-0.15, -0.1) is 0 Å². The Labute approximate surface area is 158 Å². The molecule has 0 aliphatic carbocycles. The van der Waals surface area contributed by atoms with Gasteiger partial charge in [0, 0.05) is 38.2 Å². The zero-order chi connectivity index (χ0) is 19.6. The molecular weight excluding hydrogens is 348 g/mol. The summed E-state index contributed by atoms with van der Waals surface area (Å²) in [7, 11) is 1.78. The third-order valence-corrected chi connectivity index (χ3v) is 5.27. The van der Waals surface area contributed by atoms with E-state index in [2.05, 4.69) is 10.4 Å². The maximum Gasteiger partial charge on any atom is 0.308 e. The molecule has 0 aromatic carbocycles. The Hall–Kier alpha value is -2.61. The largest absolute Gasteiger partial charge is 0.481 e. The van der Waals surface area contributed by atoms with Crippen LogP contribution in [-0.2, 0) is 16.6 Å². The molecule has 2 aromatic rings. The van der Waals surface area contributed by atoms with Crippen molar-refractivity contribution in [2.24, 2.45) is 18.9 Å². The maximum absolute atomic E-state index is 12.8. The molecule has 0 bridgehead atoms. The Morgan fingerprint density at radius 1 is 1.30 bits per heavy atom. The van der Waals surface area contributed by atoms with Crippen LogP contribution in [0.2, 0.25) is 0 Å². The molecule has 1 fully saturated rings. The fourth-order valence-electron chi connectivity index (χ4n) is 3.73. The van der Waals surface area contributed by atoms with Crippen LogP contribution in [0.4, 0.5) is 0 Å². The molecule has 1 atom stereocenters. The van der Waals surface area contributed by atoms with Gasteiger partial charge in [0.25, 0.3) is 5.91 Å². The smallest absolute Gasteiger partial charge is 0.308 e. The summed E-state index contributed by atoms with van der Waals surface area (Å²) in [4.78, 5) is 24.5. The summed E-state index contributed by atoms with van der Waals surface area (Å²) in [5, 5.41) is 16.6. The minimum absolute atomic E-state index is 0.0128. The van der Waals surface area contributed by atoms with Crippen molar-refractivity contribution in [1.29, 1.82) is 0 Å². The van der Waals surface area contributed by atoms with Gasteiger partial charge in [-0.3, -0.25) is 14.3 Å². The Balaban J connectivity index is 1.78. The maximum atomic E-state index is 12.8. The van der Waals surface area contributed by atoms with Crippen molar-refractivity contribution >= 4 is 11.9 Å². The quantitative estimate of drug-likeness (QED) is 0.802. The molecule has 2 N–H and O–H groups in total. The molecule has 1 unspecified atom stereocenters. The predicted octanol–water partition coefficient (Wildman–Crippen LogP) is 1.68. The second-order valence-electron chi connectivity index (χ2n) is 7.06. The Morgan fingerprint density at radius 2 is 1.93 bits per heavy atom. The van der Waals surface area contributed by atoms with Crippen LogP contribution in [0, 0.1) is 25.7 Å². The SMILES string of the molecule is Cc1ccc(C)n1-c1c(C(=O)NCC(C(=O)O)C2CCOCC2)cnn1C. The third kappa shape index (κ3) is 3.90. The number of amides is 1. The minimum Gasteiger partial charge on any atom is -0.481 e. The first-order valence-corrected chi connectivity index (χ1v) is 9.16. The number of carboxylic acid groups (broad SMARTS) is 1. The van der Waals surface area contributed by atoms with E-state index >= 15 is 0 Å². The van der Waals surface area contributed by atoms with Crippen molar-refractivity contribution in [1.82, 2.24) is 19.7 Å². The molecule has 0 saturated carbocycles. The van der Waals surface area contributed by atoms with Crippen molar-refractivity contribution in [2.45, 2.75) is 26.7 Å². The Kier molecular flexibility index (Phi) is 5.65. The lowest BCUT2D eigenvalue weighted by molar-refractivity contribution is -0.144. The van der Waals surface area contributed by atoms with Gasteiger partial charge < -0.3 is 19.7 Å². The molecule has 1 saturated heterocycles. The van der Waals surface area contributed by atoms with Crippen LogP contribution >= 0.6 is 0 Å². The number of aromatic nitrogens is 3. The molecule has 0 spiro atoms. The molecular formula is C19H26N4O4. The third-order valence-electron chi connectivity index (χ3n) is 5.27. The van der Waals surface area contributed by atoms with Crippen LogP contribution in [0.25, 0.3) is 5.82 Å². The van der Waals surface area contributed by atoms with Crippen molar-refractivity contribution in [2.75, 3.05) is 19.8 Å². The summed E-state index contributed by atoms with van der Waals surface area (Å²) >= 11 is 0. The molecule has 8 nitrogen and oxygen atoms in total. The molecule has 1 aliphatic rings. The number of hydrogen-bond acceptors (Lipinski definition) is 4. The van der Waals surface area contributed by atoms with Crippen LogP contribution < -0.4 is 5.32 Å². The van der Waals surface area contributed by atoms with Gasteiger partial charge in [0.1, 0.15) is 11.4 Å². The second kappa shape index (κ2) is 7.96. The van der Waals surface area contributed by atoms with E-state index < -0.39 is 11.9 Å². The lowest BCUT2D eigenvalue weighted by atomic mass is 9.86. The number of ether oxygens (including phenoxy) is 1. The number of hydrogen-bond donors (Lipinski definition) is 2. The highest BCUT2D eigenvalue weighted by Crippen LogP contribution is 2.24. The molecule has 3 heterocycles. The fraction of sp³-hybridized carbons (Fsp3) is 0.526. The number of carbonyl (C=O) groups is 2. The van der Waals surface area contributed by atoms with Gasteiger partial charge in [-0.25, -0.2) is 0 Å².